The predicted octanol–water partition coefficient (Wildman–Crippen LogP) is 2.34. The second-order valence-corrected chi connectivity index (χ2v) is 3.46. The van der Waals surface area contributed by atoms with E-state index in [2.05, 4.69) is 26.8 Å². The van der Waals surface area contributed by atoms with Gasteiger partial charge in [0.25, 0.3) is 0 Å². The summed E-state index contributed by atoms with van der Waals surface area (Å²) in [7, 11) is 0. The highest BCUT2D eigenvalue weighted by atomic mass is 16.5. The Labute approximate surface area is 56.7 Å². The average molecular weight is 126 g/mol. The summed E-state index contributed by atoms with van der Waals surface area (Å²) in [6.07, 6.45) is 3.27. The van der Waals surface area contributed by atoms with E-state index in [1.54, 1.807) is 0 Å². The van der Waals surface area contributed by atoms with Gasteiger partial charge in [-0.1, -0.05) is 20.8 Å². The third-order valence-corrected chi connectivity index (χ3v) is 1.44. The van der Waals surface area contributed by atoms with E-state index < -0.39 is 0 Å². The molecule has 1 heterocycles. The first-order chi connectivity index (χ1) is 4.11. The maximum atomic E-state index is 5.38. The van der Waals surface area contributed by atoms with E-state index in [1.165, 1.54) is 0 Å². The number of allylic oxidation sites excluding steroid dienone is 1. The highest BCUT2D eigenvalue weighted by Gasteiger charge is 2.20. The molecule has 0 unspecified atom stereocenters. The van der Waals surface area contributed by atoms with Crippen molar-refractivity contribution in [2.75, 3.05) is 6.61 Å². The third kappa shape index (κ3) is 1.47. The summed E-state index contributed by atoms with van der Waals surface area (Å²) in [5.74, 6) is 1.16. The first kappa shape index (κ1) is 6.66. The van der Waals surface area contributed by atoms with Crippen LogP contribution in [0.1, 0.15) is 27.2 Å². The van der Waals surface area contributed by atoms with Gasteiger partial charge in [-0.25, -0.2) is 0 Å². The van der Waals surface area contributed by atoms with Gasteiger partial charge in [0.05, 0.1) is 12.4 Å². The lowest BCUT2D eigenvalue weighted by Gasteiger charge is -2.19. The molecule has 1 aliphatic heterocycles. The molecule has 9 heavy (non-hydrogen) atoms. The zero-order valence-electron chi connectivity index (χ0n) is 6.40. The smallest absolute Gasteiger partial charge is 0.0974 e. The molecule has 1 rings (SSSR count). The molecule has 0 aromatic rings. The third-order valence-electron chi connectivity index (χ3n) is 1.44. The van der Waals surface area contributed by atoms with Gasteiger partial charge in [-0.15, -0.1) is 0 Å². The Morgan fingerprint density at radius 3 is 2.33 bits per heavy atom. The maximum Gasteiger partial charge on any atom is 0.0974 e. The van der Waals surface area contributed by atoms with Crippen molar-refractivity contribution in [1.82, 2.24) is 0 Å². The molecular weight excluding hydrogens is 112 g/mol. The van der Waals surface area contributed by atoms with E-state index in [4.69, 9.17) is 4.74 Å². The van der Waals surface area contributed by atoms with Crippen LogP contribution < -0.4 is 0 Å². The Balaban J connectivity index is 2.61. The van der Waals surface area contributed by atoms with Crippen LogP contribution >= 0.6 is 0 Å². The van der Waals surface area contributed by atoms with Crippen molar-refractivity contribution < 1.29 is 4.74 Å². The van der Waals surface area contributed by atoms with E-state index in [9.17, 15) is 0 Å². The van der Waals surface area contributed by atoms with Crippen LogP contribution in [0.15, 0.2) is 11.8 Å². The Morgan fingerprint density at radius 1 is 1.44 bits per heavy atom. The molecule has 0 fully saturated rings. The van der Waals surface area contributed by atoms with Gasteiger partial charge in [0.1, 0.15) is 0 Å². The van der Waals surface area contributed by atoms with E-state index in [1.807, 2.05) is 0 Å². The van der Waals surface area contributed by atoms with E-state index in [0.29, 0.717) is 0 Å². The summed E-state index contributed by atoms with van der Waals surface area (Å²) in [6, 6.07) is 0. The van der Waals surface area contributed by atoms with Gasteiger partial charge in [-0.2, -0.15) is 0 Å². The van der Waals surface area contributed by atoms with Gasteiger partial charge in [0.15, 0.2) is 0 Å². The maximum absolute atomic E-state index is 5.38. The molecule has 0 aliphatic carbocycles. The van der Waals surface area contributed by atoms with E-state index >= 15 is 0 Å². The quantitative estimate of drug-likeness (QED) is 0.484. The molecule has 0 atom stereocenters. The Kier molecular flexibility index (Phi) is 1.52. The van der Waals surface area contributed by atoms with Crippen molar-refractivity contribution in [1.29, 1.82) is 0 Å². The zero-order chi connectivity index (χ0) is 6.91. The van der Waals surface area contributed by atoms with Gasteiger partial charge in [-0.3, -0.25) is 0 Å². The molecule has 0 radical (unpaired) electrons. The summed E-state index contributed by atoms with van der Waals surface area (Å²) in [6.45, 7) is 7.39. The molecule has 0 spiro atoms. The minimum atomic E-state index is 0.219. The lowest BCUT2D eigenvalue weighted by atomic mass is 9.94. The van der Waals surface area contributed by atoms with Crippen LogP contribution in [0.2, 0.25) is 0 Å². The minimum Gasteiger partial charge on any atom is -0.497 e. The van der Waals surface area contributed by atoms with Crippen molar-refractivity contribution in [2.24, 2.45) is 5.41 Å². The van der Waals surface area contributed by atoms with Crippen molar-refractivity contribution in [3.63, 3.8) is 0 Å². The van der Waals surface area contributed by atoms with Crippen LogP contribution in [-0.4, -0.2) is 6.61 Å². The molecule has 1 nitrogen and oxygen atoms in total. The fourth-order valence-electron chi connectivity index (χ4n) is 0.941. The standard InChI is InChI=1S/C8H14O/c1-8(2,3)7-5-4-6-9-7/h5H,4,6H2,1-3H3. The molecule has 0 bridgehead atoms. The van der Waals surface area contributed by atoms with Crippen LogP contribution in [0.4, 0.5) is 0 Å². The van der Waals surface area contributed by atoms with Crippen LogP contribution in [0.25, 0.3) is 0 Å². The van der Waals surface area contributed by atoms with E-state index in [0.717, 1.165) is 18.8 Å². The predicted molar refractivity (Wildman–Crippen MR) is 38.1 cm³/mol. The molecule has 0 saturated carbocycles. The van der Waals surface area contributed by atoms with Gasteiger partial charge in [-0.05, 0) is 6.08 Å². The number of hydrogen-bond donors (Lipinski definition) is 0. The first-order valence-corrected chi connectivity index (χ1v) is 3.44. The Morgan fingerprint density at radius 2 is 2.11 bits per heavy atom. The SMILES string of the molecule is CC(C)(C)C1=CCCO1. The highest BCUT2D eigenvalue weighted by Crippen LogP contribution is 2.29. The van der Waals surface area contributed by atoms with Crippen molar-refractivity contribution in [2.45, 2.75) is 27.2 Å². The molecule has 1 heteroatoms. The summed E-state index contributed by atoms with van der Waals surface area (Å²) in [5.41, 5.74) is 0.219. The lowest BCUT2D eigenvalue weighted by molar-refractivity contribution is 0.179. The van der Waals surface area contributed by atoms with Crippen molar-refractivity contribution in [3.8, 4) is 0 Å². The molecule has 0 aromatic carbocycles. The molecule has 52 valence electrons. The summed E-state index contributed by atoms with van der Waals surface area (Å²) in [4.78, 5) is 0. The lowest BCUT2D eigenvalue weighted by Crippen LogP contribution is -2.09. The van der Waals surface area contributed by atoms with E-state index in [-0.39, 0.29) is 5.41 Å². The second-order valence-electron chi connectivity index (χ2n) is 3.46. The number of rotatable bonds is 0. The molecule has 1 aliphatic rings. The van der Waals surface area contributed by atoms with Gasteiger partial charge >= 0.3 is 0 Å². The number of hydrogen-bond acceptors (Lipinski definition) is 1. The molecular formula is C8H14O. The van der Waals surface area contributed by atoms with Gasteiger partial charge < -0.3 is 4.74 Å². The second kappa shape index (κ2) is 2.05. The van der Waals surface area contributed by atoms with Crippen LogP contribution in [0.5, 0.6) is 0 Å². The molecule has 0 saturated heterocycles. The topological polar surface area (TPSA) is 9.23 Å². The molecule has 0 amide bonds. The van der Waals surface area contributed by atoms with Crippen LogP contribution in [-0.2, 0) is 4.74 Å². The largest absolute Gasteiger partial charge is 0.497 e. The average Bonchev–Trinajstić information content (AvgIpc) is 2.08. The van der Waals surface area contributed by atoms with Gasteiger partial charge in [0.2, 0.25) is 0 Å². The summed E-state index contributed by atoms with van der Waals surface area (Å²) >= 11 is 0. The highest BCUT2D eigenvalue weighted by molar-refractivity contribution is 5.06. The van der Waals surface area contributed by atoms with Crippen molar-refractivity contribution in [3.05, 3.63) is 11.8 Å². The fraction of sp³-hybridized carbons (Fsp3) is 0.750. The zero-order valence-corrected chi connectivity index (χ0v) is 6.40. The summed E-state index contributed by atoms with van der Waals surface area (Å²) < 4.78 is 5.38. The van der Waals surface area contributed by atoms with Gasteiger partial charge in [0, 0.05) is 11.8 Å². The molecule has 0 N–H and O–H groups in total. The molecule has 0 aromatic heterocycles. The fourth-order valence-corrected chi connectivity index (χ4v) is 0.941. The van der Waals surface area contributed by atoms with Crippen LogP contribution in [0, 0.1) is 5.41 Å². The number of ether oxygens (including phenoxy) is 1. The summed E-state index contributed by atoms with van der Waals surface area (Å²) in [5, 5.41) is 0. The van der Waals surface area contributed by atoms with Crippen molar-refractivity contribution >= 4 is 0 Å². The minimum absolute atomic E-state index is 0.219. The first-order valence-electron chi connectivity index (χ1n) is 3.44. The Bertz CT molecular complexity index is 128. The monoisotopic (exact) mass is 126 g/mol. The normalized spacial score (nSPS) is 19.2. The Hall–Kier alpha value is -0.460. The van der Waals surface area contributed by atoms with Crippen LogP contribution in [0.3, 0.4) is 0 Å².